The fourth-order valence-electron chi connectivity index (χ4n) is 1.01. The maximum Gasteiger partial charge on any atom is 0.139 e. The van der Waals surface area contributed by atoms with Crippen molar-refractivity contribution in [2.75, 3.05) is 0 Å². The van der Waals surface area contributed by atoms with Crippen LogP contribution in [0.15, 0.2) is 36.0 Å². The van der Waals surface area contributed by atoms with Gasteiger partial charge in [0, 0.05) is 5.56 Å². The molecule has 0 aliphatic rings. The maximum absolute atomic E-state index is 5.95. The Labute approximate surface area is 96.2 Å². The van der Waals surface area contributed by atoms with E-state index in [-0.39, 0.29) is 0 Å². The Bertz CT molecular complexity index is 459. The maximum atomic E-state index is 5.95. The number of rotatable bonds is 2. The molecular weight excluding hydrogens is 235 g/mol. The molecule has 0 saturated heterocycles. The Morgan fingerprint density at radius 1 is 1.27 bits per heavy atom. The fourth-order valence-corrected chi connectivity index (χ4v) is 1.51. The molecule has 0 amide bonds. The van der Waals surface area contributed by atoms with Gasteiger partial charge in [0.2, 0.25) is 0 Å². The Hall–Kier alpha value is -1.39. The van der Waals surface area contributed by atoms with Gasteiger partial charge in [0.05, 0.1) is 16.3 Å². The van der Waals surface area contributed by atoms with Crippen molar-refractivity contribution in [1.82, 2.24) is 14.9 Å². The standard InChI is InChI=1S/C9H6Cl2N4/c10-8-2-1-3-9(11)7(8)4-13-15-6-12-5-14-15/h1-6H/b13-4+. The van der Waals surface area contributed by atoms with Crippen molar-refractivity contribution < 1.29 is 0 Å². The smallest absolute Gasteiger partial charge is 0.139 e. The lowest BCUT2D eigenvalue weighted by Gasteiger charge is -1.99. The van der Waals surface area contributed by atoms with Gasteiger partial charge in [-0.15, -0.1) is 9.89 Å². The Kier molecular flexibility index (Phi) is 2.99. The molecule has 6 heteroatoms. The summed E-state index contributed by atoms with van der Waals surface area (Å²) in [5, 5.41) is 8.91. The van der Waals surface area contributed by atoms with E-state index >= 15 is 0 Å². The quantitative estimate of drug-likeness (QED) is 0.758. The number of hydrogen-bond donors (Lipinski definition) is 0. The molecule has 0 aliphatic carbocycles. The van der Waals surface area contributed by atoms with Crippen LogP contribution in [-0.4, -0.2) is 21.1 Å². The van der Waals surface area contributed by atoms with E-state index in [1.165, 1.54) is 17.4 Å². The highest BCUT2D eigenvalue weighted by molar-refractivity contribution is 6.38. The fraction of sp³-hybridized carbons (Fsp3) is 0. The zero-order chi connectivity index (χ0) is 10.7. The first-order valence-electron chi connectivity index (χ1n) is 4.10. The molecule has 0 atom stereocenters. The summed E-state index contributed by atoms with van der Waals surface area (Å²) >= 11 is 11.9. The molecule has 15 heavy (non-hydrogen) atoms. The van der Waals surface area contributed by atoms with Gasteiger partial charge in [-0.25, -0.2) is 4.98 Å². The number of benzene rings is 1. The molecule has 0 fully saturated rings. The zero-order valence-electron chi connectivity index (χ0n) is 7.51. The van der Waals surface area contributed by atoms with Crippen LogP contribution in [0.1, 0.15) is 5.56 Å². The monoisotopic (exact) mass is 240 g/mol. The number of aromatic nitrogens is 3. The van der Waals surface area contributed by atoms with E-state index in [0.29, 0.717) is 15.6 Å². The summed E-state index contributed by atoms with van der Waals surface area (Å²) in [5.41, 5.74) is 0.663. The molecule has 0 bridgehead atoms. The molecule has 0 N–H and O–H groups in total. The predicted molar refractivity (Wildman–Crippen MR) is 59.5 cm³/mol. The van der Waals surface area contributed by atoms with Crippen LogP contribution in [0.2, 0.25) is 10.0 Å². The first-order valence-corrected chi connectivity index (χ1v) is 4.86. The van der Waals surface area contributed by atoms with E-state index in [1.807, 2.05) is 0 Å². The summed E-state index contributed by atoms with van der Waals surface area (Å²) in [4.78, 5) is 5.07. The lowest BCUT2D eigenvalue weighted by Crippen LogP contribution is -1.92. The second-order valence-corrected chi connectivity index (χ2v) is 3.51. The SMILES string of the molecule is Clc1cccc(Cl)c1/C=N/n1cncn1. The molecule has 1 aromatic heterocycles. The highest BCUT2D eigenvalue weighted by atomic mass is 35.5. The van der Waals surface area contributed by atoms with Crippen LogP contribution >= 0.6 is 23.2 Å². The van der Waals surface area contributed by atoms with Crippen LogP contribution in [0.25, 0.3) is 0 Å². The van der Waals surface area contributed by atoms with E-state index in [4.69, 9.17) is 23.2 Å². The summed E-state index contributed by atoms with van der Waals surface area (Å²) in [6, 6.07) is 5.27. The Morgan fingerprint density at radius 3 is 2.60 bits per heavy atom. The third-order valence-corrected chi connectivity index (χ3v) is 2.37. The van der Waals surface area contributed by atoms with E-state index in [2.05, 4.69) is 15.2 Å². The predicted octanol–water partition coefficient (Wildman–Crippen LogP) is 2.47. The van der Waals surface area contributed by atoms with E-state index in [1.54, 1.807) is 24.4 Å². The van der Waals surface area contributed by atoms with Crippen molar-refractivity contribution in [2.45, 2.75) is 0 Å². The summed E-state index contributed by atoms with van der Waals surface area (Å²) in [6.45, 7) is 0. The van der Waals surface area contributed by atoms with Gasteiger partial charge in [-0.3, -0.25) is 0 Å². The summed E-state index contributed by atoms with van der Waals surface area (Å²) in [6.07, 6.45) is 4.41. The highest BCUT2D eigenvalue weighted by Gasteiger charge is 2.01. The van der Waals surface area contributed by atoms with Gasteiger partial charge in [-0.05, 0) is 12.1 Å². The molecule has 0 radical (unpaired) electrons. The normalized spacial score (nSPS) is 11.1. The molecule has 1 heterocycles. The van der Waals surface area contributed by atoms with E-state index in [0.717, 1.165) is 0 Å². The van der Waals surface area contributed by atoms with Gasteiger partial charge < -0.3 is 0 Å². The van der Waals surface area contributed by atoms with Gasteiger partial charge in [0.25, 0.3) is 0 Å². The van der Waals surface area contributed by atoms with Crippen molar-refractivity contribution in [2.24, 2.45) is 5.10 Å². The summed E-state index contributed by atoms with van der Waals surface area (Å²) in [5.74, 6) is 0. The first-order chi connectivity index (χ1) is 7.27. The van der Waals surface area contributed by atoms with Crippen LogP contribution in [0.4, 0.5) is 0 Å². The minimum absolute atomic E-state index is 0.548. The molecule has 2 rings (SSSR count). The molecule has 2 aromatic rings. The topological polar surface area (TPSA) is 43.1 Å². The third kappa shape index (κ3) is 2.34. The van der Waals surface area contributed by atoms with Gasteiger partial charge in [-0.2, -0.15) is 5.10 Å². The molecule has 0 spiro atoms. The molecule has 1 aromatic carbocycles. The lowest BCUT2D eigenvalue weighted by molar-refractivity contribution is 0.743. The molecule has 4 nitrogen and oxygen atoms in total. The highest BCUT2D eigenvalue weighted by Crippen LogP contribution is 2.22. The summed E-state index contributed by atoms with van der Waals surface area (Å²) < 4.78 is 0. The molecule has 0 saturated carbocycles. The minimum Gasteiger partial charge on any atom is -0.221 e. The Balaban J connectivity index is 2.32. The Morgan fingerprint density at radius 2 is 2.00 bits per heavy atom. The van der Waals surface area contributed by atoms with E-state index in [9.17, 15) is 0 Å². The zero-order valence-corrected chi connectivity index (χ0v) is 9.02. The van der Waals surface area contributed by atoms with E-state index < -0.39 is 0 Å². The minimum atomic E-state index is 0.548. The van der Waals surface area contributed by atoms with Crippen LogP contribution in [0, 0.1) is 0 Å². The molecule has 0 unspecified atom stereocenters. The average Bonchev–Trinajstić information content (AvgIpc) is 2.70. The summed E-state index contributed by atoms with van der Waals surface area (Å²) in [7, 11) is 0. The van der Waals surface area contributed by atoms with Crippen molar-refractivity contribution in [3.05, 3.63) is 46.5 Å². The number of nitrogens with zero attached hydrogens (tertiary/aromatic N) is 4. The lowest BCUT2D eigenvalue weighted by atomic mass is 10.2. The van der Waals surface area contributed by atoms with Gasteiger partial charge in [0.15, 0.2) is 0 Å². The van der Waals surface area contributed by atoms with Crippen molar-refractivity contribution >= 4 is 29.4 Å². The largest absolute Gasteiger partial charge is 0.221 e. The van der Waals surface area contributed by atoms with Crippen LogP contribution in [0.5, 0.6) is 0 Å². The second kappa shape index (κ2) is 4.42. The van der Waals surface area contributed by atoms with Crippen LogP contribution < -0.4 is 0 Å². The average molecular weight is 241 g/mol. The number of hydrogen-bond acceptors (Lipinski definition) is 3. The molecule has 0 aliphatic heterocycles. The van der Waals surface area contributed by atoms with Crippen molar-refractivity contribution in [3.63, 3.8) is 0 Å². The van der Waals surface area contributed by atoms with Crippen LogP contribution in [-0.2, 0) is 0 Å². The number of halogens is 2. The molecular formula is C9H6Cl2N4. The van der Waals surface area contributed by atoms with Crippen molar-refractivity contribution in [3.8, 4) is 0 Å². The first kappa shape index (κ1) is 10.1. The van der Waals surface area contributed by atoms with Crippen molar-refractivity contribution in [1.29, 1.82) is 0 Å². The molecule has 76 valence electrons. The van der Waals surface area contributed by atoms with Crippen LogP contribution in [0.3, 0.4) is 0 Å². The van der Waals surface area contributed by atoms with Gasteiger partial charge in [-0.1, -0.05) is 29.3 Å². The van der Waals surface area contributed by atoms with Gasteiger partial charge >= 0.3 is 0 Å². The third-order valence-electron chi connectivity index (χ3n) is 1.71. The second-order valence-electron chi connectivity index (χ2n) is 2.70. The van der Waals surface area contributed by atoms with Gasteiger partial charge in [0.1, 0.15) is 12.7 Å².